The van der Waals surface area contributed by atoms with Gasteiger partial charge in [0.1, 0.15) is 5.76 Å². The maximum atomic E-state index is 13.0. The Morgan fingerprint density at radius 2 is 1.90 bits per heavy atom. The summed E-state index contributed by atoms with van der Waals surface area (Å²) in [5.74, 6) is -1.27. The van der Waals surface area contributed by atoms with Crippen molar-refractivity contribution in [2.45, 2.75) is 24.9 Å². The molecule has 0 bridgehead atoms. The zero-order valence-corrected chi connectivity index (χ0v) is 10.8. The second kappa shape index (κ2) is 4.65. The van der Waals surface area contributed by atoms with Gasteiger partial charge in [0.2, 0.25) is 5.76 Å². The largest absolute Gasteiger partial charge is 0.475 e. The second-order valence-electron chi connectivity index (χ2n) is 5.08. The monoisotopic (exact) mass is 296 g/mol. The predicted molar refractivity (Wildman–Crippen MR) is 68.1 cm³/mol. The summed E-state index contributed by atoms with van der Waals surface area (Å²) in [6.45, 7) is 0. The fourth-order valence-corrected chi connectivity index (χ4v) is 2.22. The van der Waals surface area contributed by atoms with Gasteiger partial charge in [0.05, 0.1) is 5.56 Å². The van der Waals surface area contributed by atoms with Gasteiger partial charge in [-0.2, -0.15) is 13.2 Å². The van der Waals surface area contributed by atoms with Crippen molar-refractivity contribution in [2.75, 3.05) is 0 Å². The lowest BCUT2D eigenvalue weighted by atomic mass is 10.0. The number of alkyl halides is 3. The van der Waals surface area contributed by atoms with Crippen LogP contribution in [0.5, 0.6) is 0 Å². The van der Waals surface area contributed by atoms with Crippen molar-refractivity contribution in [2.24, 2.45) is 0 Å². The molecule has 1 aliphatic carbocycles. The normalized spacial score (nSPS) is 15.2. The standard InChI is InChI=1S/C15H11F3O3/c16-15(17,18)11-6-9(8-1-2-8)5-10(7-11)12-3-4-13(21-12)14(19)20/h3-8H,1-2H2,(H,19,20). The summed E-state index contributed by atoms with van der Waals surface area (Å²) in [6.07, 6.45) is -2.69. The molecule has 0 amide bonds. The molecule has 2 aromatic rings. The van der Waals surface area contributed by atoms with Crippen LogP contribution in [0.15, 0.2) is 34.7 Å². The highest BCUT2D eigenvalue weighted by Gasteiger charge is 2.33. The summed E-state index contributed by atoms with van der Waals surface area (Å²) < 4.78 is 44.0. The summed E-state index contributed by atoms with van der Waals surface area (Å²) in [6, 6.07) is 6.38. The highest BCUT2D eigenvalue weighted by molar-refractivity contribution is 5.85. The number of aromatic carboxylic acids is 1. The molecule has 0 saturated heterocycles. The molecular weight excluding hydrogens is 285 g/mol. The average molecular weight is 296 g/mol. The van der Waals surface area contributed by atoms with E-state index in [2.05, 4.69) is 0 Å². The highest BCUT2D eigenvalue weighted by atomic mass is 19.4. The van der Waals surface area contributed by atoms with Crippen molar-refractivity contribution in [1.29, 1.82) is 0 Å². The number of hydrogen-bond donors (Lipinski definition) is 1. The highest BCUT2D eigenvalue weighted by Crippen LogP contribution is 2.44. The number of halogens is 3. The molecule has 3 rings (SSSR count). The third-order valence-corrected chi connectivity index (χ3v) is 3.43. The lowest BCUT2D eigenvalue weighted by Crippen LogP contribution is -2.05. The van der Waals surface area contributed by atoms with E-state index in [1.54, 1.807) is 6.07 Å². The van der Waals surface area contributed by atoms with Crippen LogP contribution >= 0.6 is 0 Å². The fraction of sp³-hybridized carbons (Fsp3) is 0.267. The first-order valence-corrected chi connectivity index (χ1v) is 6.40. The van der Waals surface area contributed by atoms with Crippen LogP contribution in [0.1, 0.15) is 40.4 Å². The SMILES string of the molecule is O=C(O)c1ccc(-c2cc(C3CC3)cc(C(F)(F)F)c2)o1. The van der Waals surface area contributed by atoms with Crippen molar-refractivity contribution in [3.05, 3.63) is 47.2 Å². The molecule has 1 N–H and O–H groups in total. The molecule has 0 radical (unpaired) electrons. The van der Waals surface area contributed by atoms with Crippen LogP contribution in [0.4, 0.5) is 13.2 Å². The fourth-order valence-electron chi connectivity index (χ4n) is 2.22. The molecule has 3 nitrogen and oxygen atoms in total. The Labute approximate surface area is 118 Å². The number of carboxylic acid groups (broad SMARTS) is 1. The molecule has 110 valence electrons. The molecule has 1 fully saturated rings. The van der Waals surface area contributed by atoms with Crippen LogP contribution in [-0.2, 0) is 6.18 Å². The summed E-state index contributed by atoms with van der Waals surface area (Å²) in [5, 5.41) is 8.81. The Bertz CT molecular complexity index is 696. The summed E-state index contributed by atoms with van der Waals surface area (Å²) >= 11 is 0. The number of carboxylic acids is 1. The van der Waals surface area contributed by atoms with Gasteiger partial charge in [0, 0.05) is 5.56 Å². The molecule has 1 aromatic heterocycles. The van der Waals surface area contributed by atoms with Crippen LogP contribution in [0.2, 0.25) is 0 Å². The molecule has 0 aliphatic heterocycles. The van der Waals surface area contributed by atoms with Gasteiger partial charge in [-0.1, -0.05) is 0 Å². The van der Waals surface area contributed by atoms with E-state index in [0.717, 1.165) is 25.0 Å². The van der Waals surface area contributed by atoms with Gasteiger partial charge in [-0.05, 0) is 54.7 Å². The van der Waals surface area contributed by atoms with E-state index < -0.39 is 17.7 Å². The van der Waals surface area contributed by atoms with Crippen molar-refractivity contribution in [3.8, 4) is 11.3 Å². The Morgan fingerprint density at radius 1 is 1.19 bits per heavy atom. The molecule has 0 atom stereocenters. The van der Waals surface area contributed by atoms with E-state index in [9.17, 15) is 18.0 Å². The molecular formula is C15H11F3O3. The van der Waals surface area contributed by atoms with Crippen LogP contribution in [0.25, 0.3) is 11.3 Å². The number of furan rings is 1. The van der Waals surface area contributed by atoms with Gasteiger partial charge in [-0.15, -0.1) is 0 Å². The van der Waals surface area contributed by atoms with Crippen molar-refractivity contribution in [1.82, 2.24) is 0 Å². The first-order valence-electron chi connectivity index (χ1n) is 6.40. The molecule has 1 saturated carbocycles. The Hall–Kier alpha value is -2.24. The van der Waals surface area contributed by atoms with Gasteiger partial charge >= 0.3 is 12.1 Å². The summed E-state index contributed by atoms with van der Waals surface area (Å²) in [7, 11) is 0. The van der Waals surface area contributed by atoms with E-state index in [1.807, 2.05) is 0 Å². The van der Waals surface area contributed by atoms with E-state index in [4.69, 9.17) is 9.52 Å². The second-order valence-corrected chi connectivity index (χ2v) is 5.08. The van der Waals surface area contributed by atoms with E-state index in [0.29, 0.717) is 5.56 Å². The van der Waals surface area contributed by atoms with Crippen molar-refractivity contribution >= 4 is 5.97 Å². The topological polar surface area (TPSA) is 50.4 Å². The van der Waals surface area contributed by atoms with Crippen molar-refractivity contribution < 1.29 is 27.5 Å². The van der Waals surface area contributed by atoms with Gasteiger partial charge in [-0.25, -0.2) is 4.79 Å². The minimum absolute atomic E-state index is 0.125. The predicted octanol–water partition coefficient (Wildman–Crippen LogP) is 4.54. The van der Waals surface area contributed by atoms with Gasteiger partial charge in [0.15, 0.2) is 0 Å². The maximum absolute atomic E-state index is 13.0. The third kappa shape index (κ3) is 2.79. The zero-order chi connectivity index (χ0) is 15.2. The average Bonchev–Trinajstić information content (AvgIpc) is 3.14. The smallest absolute Gasteiger partial charge is 0.416 e. The number of hydrogen-bond acceptors (Lipinski definition) is 2. The molecule has 1 aromatic carbocycles. The van der Waals surface area contributed by atoms with Crippen LogP contribution in [0, 0.1) is 0 Å². The minimum Gasteiger partial charge on any atom is -0.475 e. The lowest BCUT2D eigenvalue weighted by Gasteiger charge is -2.11. The van der Waals surface area contributed by atoms with Gasteiger partial charge < -0.3 is 9.52 Å². The number of carbonyl (C=O) groups is 1. The van der Waals surface area contributed by atoms with Gasteiger partial charge in [0.25, 0.3) is 0 Å². The molecule has 0 spiro atoms. The van der Waals surface area contributed by atoms with E-state index in [-0.39, 0.29) is 23.0 Å². The Kier molecular flexibility index (Phi) is 3.04. The maximum Gasteiger partial charge on any atom is 0.416 e. The summed E-state index contributed by atoms with van der Waals surface area (Å²) in [4.78, 5) is 10.8. The lowest BCUT2D eigenvalue weighted by molar-refractivity contribution is -0.137. The van der Waals surface area contributed by atoms with E-state index >= 15 is 0 Å². The Morgan fingerprint density at radius 3 is 2.43 bits per heavy atom. The first kappa shape index (κ1) is 13.7. The molecule has 1 aliphatic rings. The Balaban J connectivity index is 2.07. The quantitative estimate of drug-likeness (QED) is 0.904. The molecule has 0 unspecified atom stereocenters. The third-order valence-electron chi connectivity index (χ3n) is 3.43. The van der Waals surface area contributed by atoms with Gasteiger partial charge in [-0.3, -0.25) is 0 Å². The van der Waals surface area contributed by atoms with Crippen LogP contribution < -0.4 is 0 Å². The number of rotatable bonds is 3. The molecule has 1 heterocycles. The van der Waals surface area contributed by atoms with Crippen LogP contribution in [-0.4, -0.2) is 11.1 Å². The van der Waals surface area contributed by atoms with Crippen LogP contribution in [0.3, 0.4) is 0 Å². The molecule has 6 heteroatoms. The first-order chi connectivity index (χ1) is 9.84. The number of benzene rings is 1. The van der Waals surface area contributed by atoms with Crippen molar-refractivity contribution in [3.63, 3.8) is 0 Å². The van der Waals surface area contributed by atoms with E-state index in [1.165, 1.54) is 12.1 Å². The zero-order valence-electron chi connectivity index (χ0n) is 10.8. The molecule has 21 heavy (non-hydrogen) atoms. The summed E-state index contributed by atoms with van der Waals surface area (Å²) in [5.41, 5.74) is 0.127. The minimum atomic E-state index is -4.44.